The van der Waals surface area contributed by atoms with Gasteiger partial charge in [-0.2, -0.15) is 5.21 Å². The fraction of sp³-hybridized carbons (Fsp3) is 0.273. The van der Waals surface area contributed by atoms with E-state index in [1.165, 1.54) is 0 Å². The third-order valence-electron chi connectivity index (χ3n) is 5.08. The number of hydrogen-bond donors (Lipinski definition) is 1. The summed E-state index contributed by atoms with van der Waals surface area (Å²) in [6.45, 7) is 4.24. The van der Waals surface area contributed by atoms with Gasteiger partial charge < -0.3 is 0 Å². The number of aromatic amines is 1. The topological polar surface area (TPSA) is 102 Å². The van der Waals surface area contributed by atoms with Crippen LogP contribution < -0.4 is 5.56 Å². The predicted octanol–water partition coefficient (Wildman–Crippen LogP) is 3.18. The average Bonchev–Trinajstić information content (AvgIpc) is 3.32. The number of hydrogen-bond acceptors (Lipinski definition) is 6. The van der Waals surface area contributed by atoms with Gasteiger partial charge in [0.1, 0.15) is 11.5 Å². The van der Waals surface area contributed by atoms with Crippen LogP contribution >= 0.6 is 0 Å². The number of benzene rings is 2. The van der Waals surface area contributed by atoms with Crippen molar-refractivity contribution in [2.45, 2.75) is 39.7 Å². The Kier molecular flexibility index (Phi) is 5.74. The van der Waals surface area contributed by atoms with Crippen molar-refractivity contribution in [1.29, 1.82) is 0 Å². The van der Waals surface area contributed by atoms with E-state index in [2.05, 4.69) is 37.7 Å². The third kappa shape index (κ3) is 3.89. The monoisotopic (exact) mass is 401 g/mol. The molecular weight excluding hydrogens is 378 g/mol. The van der Waals surface area contributed by atoms with Gasteiger partial charge in [0.2, 0.25) is 5.82 Å². The summed E-state index contributed by atoms with van der Waals surface area (Å²) in [6.07, 6.45) is 2.71. The molecule has 0 bridgehead atoms. The van der Waals surface area contributed by atoms with Crippen LogP contribution in [0.4, 0.5) is 0 Å². The summed E-state index contributed by atoms with van der Waals surface area (Å²) in [6, 6.07) is 16.0. The average molecular weight is 401 g/mol. The van der Waals surface area contributed by atoms with Gasteiger partial charge in [0, 0.05) is 12.0 Å². The highest BCUT2D eigenvalue weighted by Gasteiger charge is 2.16. The first-order chi connectivity index (χ1) is 14.7. The molecule has 2 aromatic carbocycles. The molecule has 0 aliphatic carbocycles. The zero-order valence-corrected chi connectivity index (χ0v) is 17.0. The molecule has 0 fully saturated rings. The molecule has 0 aliphatic heterocycles. The van der Waals surface area contributed by atoms with Gasteiger partial charge >= 0.3 is 0 Å². The van der Waals surface area contributed by atoms with Crippen LogP contribution in [0.2, 0.25) is 0 Å². The van der Waals surface area contributed by atoms with Crippen molar-refractivity contribution in [3.63, 3.8) is 0 Å². The maximum absolute atomic E-state index is 12.9. The molecule has 8 nitrogen and oxygen atoms in total. The SMILES string of the molecule is CCCCc1nnc(C)c(=O)n1Cc1ccccc1-c1ccccc1-c1nn[nH]n1. The van der Waals surface area contributed by atoms with Crippen molar-refractivity contribution < 1.29 is 0 Å². The molecule has 0 spiro atoms. The second-order valence-electron chi connectivity index (χ2n) is 7.13. The molecule has 4 rings (SSSR count). The molecule has 0 aliphatic rings. The summed E-state index contributed by atoms with van der Waals surface area (Å²) in [7, 11) is 0. The molecule has 0 saturated heterocycles. The number of nitrogens with zero attached hydrogens (tertiary/aromatic N) is 6. The molecule has 30 heavy (non-hydrogen) atoms. The Bertz CT molecular complexity index is 1200. The van der Waals surface area contributed by atoms with Gasteiger partial charge in [0.25, 0.3) is 5.56 Å². The minimum absolute atomic E-state index is 0.0997. The van der Waals surface area contributed by atoms with Crippen molar-refractivity contribution in [3.8, 4) is 22.5 Å². The van der Waals surface area contributed by atoms with E-state index in [-0.39, 0.29) is 5.56 Å². The van der Waals surface area contributed by atoms with Gasteiger partial charge in [0.05, 0.1) is 6.54 Å². The van der Waals surface area contributed by atoms with Crippen LogP contribution in [0.15, 0.2) is 53.3 Å². The molecule has 2 heterocycles. The van der Waals surface area contributed by atoms with Crippen molar-refractivity contribution in [3.05, 3.63) is 76.0 Å². The summed E-state index contributed by atoms with van der Waals surface area (Å²) in [4.78, 5) is 12.9. The Labute approximate surface area is 174 Å². The Balaban J connectivity index is 1.81. The Hall–Kier alpha value is -3.68. The predicted molar refractivity (Wildman–Crippen MR) is 114 cm³/mol. The first-order valence-corrected chi connectivity index (χ1v) is 10.0. The normalized spacial score (nSPS) is 11.0. The summed E-state index contributed by atoms with van der Waals surface area (Å²) in [5.41, 5.74) is 4.19. The highest BCUT2D eigenvalue weighted by atomic mass is 16.1. The standard InChI is InChI=1S/C22H23N7O/c1-3-4-13-20-24-23-15(2)22(30)29(20)14-16-9-5-6-10-17(16)18-11-7-8-12-19(18)21-25-27-28-26-21/h5-12H,3-4,13-14H2,1-2H3,(H,25,26,27,28). The van der Waals surface area contributed by atoms with Crippen LogP contribution in [0.5, 0.6) is 0 Å². The minimum Gasteiger partial charge on any atom is -0.289 e. The van der Waals surface area contributed by atoms with Crippen molar-refractivity contribution in [1.82, 2.24) is 35.4 Å². The maximum Gasteiger partial charge on any atom is 0.275 e. The smallest absolute Gasteiger partial charge is 0.275 e. The van der Waals surface area contributed by atoms with E-state index in [0.717, 1.165) is 41.5 Å². The third-order valence-corrected chi connectivity index (χ3v) is 5.08. The number of aryl methyl sites for hydroxylation is 2. The van der Waals surface area contributed by atoms with E-state index in [4.69, 9.17) is 0 Å². The van der Waals surface area contributed by atoms with E-state index in [1.54, 1.807) is 11.5 Å². The van der Waals surface area contributed by atoms with Crippen LogP contribution in [-0.4, -0.2) is 35.4 Å². The zero-order chi connectivity index (χ0) is 20.9. The number of H-pyrrole nitrogens is 1. The van der Waals surface area contributed by atoms with Gasteiger partial charge in [-0.25, -0.2) is 0 Å². The first-order valence-electron chi connectivity index (χ1n) is 10.0. The molecule has 0 atom stereocenters. The van der Waals surface area contributed by atoms with E-state index in [0.29, 0.717) is 23.9 Å². The van der Waals surface area contributed by atoms with Crippen molar-refractivity contribution in [2.75, 3.05) is 0 Å². The number of nitrogens with one attached hydrogen (secondary N) is 1. The molecule has 8 heteroatoms. The Morgan fingerprint density at radius 2 is 1.67 bits per heavy atom. The van der Waals surface area contributed by atoms with Crippen molar-refractivity contribution in [2.24, 2.45) is 0 Å². The van der Waals surface area contributed by atoms with Gasteiger partial charge in [0.15, 0.2) is 0 Å². The lowest BCUT2D eigenvalue weighted by molar-refractivity contribution is 0.605. The van der Waals surface area contributed by atoms with E-state index < -0.39 is 0 Å². The van der Waals surface area contributed by atoms with E-state index in [9.17, 15) is 4.79 Å². The second kappa shape index (κ2) is 8.77. The van der Waals surface area contributed by atoms with Crippen LogP contribution in [0.1, 0.15) is 36.8 Å². The Morgan fingerprint density at radius 1 is 0.933 bits per heavy atom. The molecule has 4 aromatic rings. The van der Waals surface area contributed by atoms with E-state index >= 15 is 0 Å². The summed E-state index contributed by atoms with van der Waals surface area (Å²) in [5.74, 6) is 1.25. The van der Waals surface area contributed by atoms with E-state index in [1.807, 2.05) is 48.5 Å². The second-order valence-corrected chi connectivity index (χ2v) is 7.13. The molecule has 0 saturated carbocycles. The quantitative estimate of drug-likeness (QED) is 0.510. The van der Waals surface area contributed by atoms with Crippen LogP contribution in [0, 0.1) is 6.92 Å². The van der Waals surface area contributed by atoms with Crippen LogP contribution in [-0.2, 0) is 13.0 Å². The summed E-state index contributed by atoms with van der Waals surface area (Å²) >= 11 is 0. The highest BCUT2D eigenvalue weighted by molar-refractivity contribution is 5.82. The van der Waals surface area contributed by atoms with Crippen LogP contribution in [0.3, 0.4) is 0 Å². The number of rotatable bonds is 7. The van der Waals surface area contributed by atoms with Gasteiger partial charge in [-0.1, -0.05) is 61.9 Å². The molecule has 0 amide bonds. The van der Waals surface area contributed by atoms with Gasteiger partial charge in [-0.05, 0) is 35.2 Å². The van der Waals surface area contributed by atoms with Gasteiger partial charge in [-0.15, -0.1) is 20.4 Å². The fourth-order valence-corrected chi connectivity index (χ4v) is 3.51. The number of tetrazole rings is 1. The first kappa shape index (κ1) is 19.6. The Morgan fingerprint density at radius 3 is 2.40 bits per heavy atom. The lowest BCUT2D eigenvalue weighted by Gasteiger charge is -2.16. The zero-order valence-electron chi connectivity index (χ0n) is 17.0. The summed E-state index contributed by atoms with van der Waals surface area (Å²) in [5, 5.41) is 22.8. The lowest BCUT2D eigenvalue weighted by Crippen LogP contribution is -2.29. The van der Waals surface area contributed by atoms with Crippen molar-refractivity contribution >= 4 is 0 Å². The fourth-order valence-electron chi connectivity index (χ4n) is 3.51. The minimum atomic E-state index is -0.0997. The lowest BCUT2D eigenvalue weighted by atomic mass is 9.95. The molecule has 1 N–H and O–H groups in total. The number of unbranched alkanes of at least 4 members (excludes halogenated alkanes) is 1. The maximum atomic E-state index is 12.9. The molecule has 152 valence electrons. The molecule has 2 aromatic heterocycles. The van der Waals surface area contributed by atoms with Gasteiger partial charge in [-0.3, -0.25) is 9.36 Å². The van der Waals surface area contributed by atoms with Crippen LogP contribution in [0.25, 0.3) is 22.5 Å². The highest BCUT2D eigenvalue weighted by Crippen LogP contribution is 2.32. The molecular formula is C22H23N7O. The largest absolute Gasteiger partial charge is 0.289 e. The molecule has 0 radical (unpaired) electrons. The summed E-state index contributed by atoms with van der Waals surface area (Å²) < 4.78 is 1.74. The number of aromatic nitrogens is 7. The molecule has 0 unspecified atom stereocenters.